The molecule has 0 heterocycles. The lowest BCUT2D eigenvalue weighted by atomic mass is 10.1. The molecule has 0 bridgehead atoms. The maximum absolute atomic E-state index is 3.48. The molecule has 18 heavy (non-hydrogen) atoms. The highest BCUT2D eigenvalue weighted by atomic mass is 14.9. The molecule has 0 saturated carbocycles. The fourth-order valence-corrected chi connectivity index (χ4v) is 2.02. The van der Waals surface area contributed by atoms with E-state index in [4.69, 9.17) is 0 Å². The Balaban J connectivity index is 1.77. The average Bonchev–Trinajstić information content (AvgIpc) is 2.40. The van der Waals surface area contributed by atoms with E-state index in [1.807, 2.05) is 0 Å². The van der Waals surface area contributed by atoms with Crippen LogP contribution in [0, 0.1) is 13.8 Å². The molecule has 0 atom stereocenters. The fourth-order valence-electron chi connectivity index (χ4n) is 2.02. The summed E-state index contributed by atoms with van der Waals surface area (Å²) in [5, 5.41) is 3.48. The molecule has 0 saturated heterocycles. The van der Waals surface area contributed by atoms with Crippen LogP contribution in [0.4, 0.5) is 5.69 Å². The number of hydrogen-bond donors (Lipinski definition) is 1. The molecule has 0 unspecified atom stereocenters. The smallest absolute Gasteiger partial charge is 0.0342 e. The topological polar surface area (TPSA) is 12.0 Å². The van der Waals surface area contributed by atoms with E-state index in [-0.39, 0.29) is 0 Å². The molecule has 0 aliphatic carbocycles. The van der Waals surface area contributed by atoms with Crippen molar-refractivity contribution < 1.29 is 0 Å². The molecule has 0 fully saturated rings. The summed E-state index contributed by atoms with van der Waals surface area (Å²) in [7, 11) is 0. The minimum absolute atomic E-state index is 1.03. The van der Waals surface area contributed by atoms with Gasteiger partial charge in [0, 0.05) is 12.2 Å². The number of nitrogens with one attached hydrogen (secondary N) is 1. The van der Waals surface area contributed by atoms with Crippen molar-refractivity contribution in [3.05, 3.63) is 65.2 Å². The first-order chi connectivity index (χ1) is 8.75. The molecule has 0 spiro atoms. The van der Waals surface area contributed by atoms with Crippen LogP contribution in [-0.2, 0) is 6.42 Å². The first-order valence-electron chi connectivity index (χ1n) is 6.61. The summed E-state index contributed by atoms with van der Waals surface area (Å²) < 4.78 is 0. The molecular weight excluding hydrogens is 218 g/mol. The number of hydrogen-bond acceptors (Lipinski definition) is 1. The fraction of sp³-hybridized carbons (Fsp3) is 0.294. The second-order valence-electron chi connectivity index (χ2n) is 4.81. The van der Waals surface area contributed by atoms with E-state index < -0.39 is 0 Å². The van der Waals surface area contributed by atoms with Crippen LogP contribution >= 0.6 is 0 Å². The molecule has 0 aromatic heterocycles. The van der Waals surface area contributed by atoms with Gasteiger partial charge in [-0.2, -0.15) is 0 Å². The Morgan fingerprint density at radius 2 is 1.67 bits per heavy atom. The Morgan fingerprint density at radius 3 is 2.39 bits per heavy atom. The molecule has 0 aliphatic heterocycles. The van der Waals surface area contributed by atoms with Gasteiger partial charge in [-0.25, -0.2) is 0 Å². The number of anilines is 1. The van der Waals surface area contributed by atoms with Gasteiger partial charge in [-0.15, -0.1) is 0 Å². The zero-order chi connectivity index (χ0) is 12.8. The van der Waals surface area contributed by atoms with Crippen LogP contribution in [0.1, 0.15) is 23.1 Å². The van der Waals surface area contributed by atoms with Gasteiger partial charge in [0.2, 0.25) is 0 Å². The van der Waals surface area contributed by atoms with Crippen molar-refractivity contribution in [2.45, 2.75) is 26.7 Å². The summed E-state index contributed by atoms with van der Waals surface area (Å²) in [6.45, 7) is 5.33. The van der Waals surface area contributed by atoms with Gasteiger partial charge in [-0.05, 0) is 55.5 Å². The zero-order valence-electron chi connectivity index (χ0n) is 11.2. The standard InChI is InChI=1S/C17H21N/c1-14-10-11-17(13-15(14)2)18-12-6-9-16-7-4-3-5-8-16/h3-5,7-8,10-11,13,18H,6,9,12H2,1-2H3. The minimum Gasteiger partial charge on any atom is -0.385 e. The molecule has 1 N–H and O–H groups in total. The highest BCUT2D eigenvalue weighted by molar-refractivity contribution is 5.47. The average molecular weight is 239 g/mol. The van der Waals surface area contributed by atoms with E-state index in [0.717, 1.165) is 19.4 Å². The lowest BCUT2D eigenvalue weighted by Gasteiger charge is -2.08. The van der Waals surface area contributed by atoms with Gasteiger partial charge >= 0.3 is 0 Å². The van der Waals surface area contributed by atoms with E-state index in [2.05, 4.69) is 67.7 Å². The summed E-state index contributed by atoms with van der Waals surface area (Å²) in [4.78, 5) is 0. The van der Waals surface area contributed by atoms with Gasteiger partial charge in [0.05, 0.1) is 0 Å². The van der Waals surface area contributed by atoms with E-state index >= 15 is 0 Å². The minimum atomic E-state index is 1.03. The van der Waals surface area contributed by atoms with Crippen molar-refractivity contribution in [2.75, 3.05) is 11.9 Å². The summed E-state index contributed by atoms with van der Waals surface area (Å²) in [5.41, 5.74) is 5.35. The summed E-state index contributed by atoms with van der Waals surface area (Å²) in [5.74, 6) is 0. The molecule has 2 rings (SSSR count). The number of rotatable bonds is 5. The van der Waals surface area contributed by atoms with Crippen LogP contribution < -0.4 is 5.32 Å². The first-order valence-corrected chi connectivity index (χ1v) is 6.61. The third kappa shape index (κ3) is 3.63. The predicted octanol–water partition coefficient (Wildman–Crippen LogP) is 4.35. The van der Waals surface area contributed by atoms with Crippen LogP contribution in [0.5, 0.6) is 0 Å². The second kappa shape index (κ2) is 6.25. The van der Waals surface area contributed by atoms with Crippen LogP contribution in [-0.4, -0.2) is 6.54 Å². The SMILES string of the molecule is Cc1ccc(NCCCc2ccccc2)cc1C. The Morgan fingerprint density at radius 1 is 0.889 bits per heavy atom. The molecule has 2 aromatic carbocycles. The predicted molar refractivity (Wildman–Crippen MR) is 79.2 cm³/mol. The molecular formula is C17H21N. The Hall–Kier alpha value is -1.76. The normalized spacial score (nSPS) is 10.3. The first kappa shape index (κ1) is 12.7. The van der Waals surface area contributed by atoms with Crippen LogP contribution in [0.25, 0.3) is 0 Å². The highest BCUT2D eigenvalue weighted by Crippen LogP contribution is 2.14. The van der Waals surface area contributed by atoms with E-state index in [9.17, 15) is 0 Å². The molecule has 2 aromatic rings. The monoisotopic (exact) mass is 239 g/mol. The quantitative estimate of drug-likeness (QED) is 0.765. The molecule has 0 amide bonds. The van der Waals surface area contributed by atoms with Crippen molar-refractivity contribution >= 4 is 5.69 Å². The van der Waals surface area contributed by atoms with Gasteiger partial charge in [0.25, 0.3) is 0 Å². The van der Waals surface area contributed by atoms with Crippen molar-refractivity contribution in [3.63, 3.8) is 0 Å². The third-order valence-electron chi connectivity index (χ3n) is 3.32. The van der Waals surface area contributed by atoms with Gasteiger partial charge in [-0.3, -0.25) is 0 Å². The Bertz CT molecular complexity index is 488. The van der Waals surface area contributed by atoms with Crippen molar-refractivity contribution in [3.8, 4) is 0 Å². The van der Waals surface area contributed by atoms with Crippen molar-refractivity contribution in [2.24, 2.45) is 0 Å². The summed E-state index contributed by atoms with van der Waals surface area (Å²) >= 11 is 0. The van der Waals surface area contributed by atoms with Gasteiger partial charge in [0.15, 0.2) is 0 Å². The third-order valence-corrected chi connectivity index (χ3v) is 3.32. The van der Waals surface area contributed by atoms with Crippen molar-refractivity contribution in [1.29, 1.82) is 0 Å². The lowest BCUT2D eigenvalue weighted by Crippen LogP contribution is -2.03. The number of aryl methyl sites for hydroxylation is 3. The Labute approximate surface area is 110 Å². The number of benzene rings is 2. The Kier molecular flexibility index (Phi) is 4.40. The van der Waals surface area contributed by atoms with E-state index in [1.165, 1.54) is 22.4 Å². The second-order valence-corrected chi connectivity index (χ2v) is 4.81. The zero-order valence-corrected chi connectivity index (χ0v) is 11.2. The molecule has 1 heteroatoms. The van der Waals surface area contributed by atoms with Crippen LogP contribution in [0.3, 0.4) is 0 Å². The largest absolute Gasteiger partial charge is 0.385 e. The van der Waals surface area contributed by atoms with Gasteiger partial charge in [-0.1, -0.05) is 36.4 Å². The lowest BCUT2D eigenvalue weighted by molar-refractivity contribution is 0.863. The maximum Gasteiger partial charge on any atom is 0.0342 e. The highest BCUT2D eigenvalue weighted by Gasteiger charge is 1.96. The molecule has 1 nitrogen and oxygen atoms in total. The van der Waals surface area contributed by atoms with Crippen LogP contribution in [0.15, 0.2) is 48.5 Å². The van der Waals surface area contributed by atoms with Crippen molar-refractivity contribution in [1.82, 2.24) is 0 Å². The van der Waals surface area contributed by atoms with Crippen LogP contribution in [0.2, 0.25) is 0 Å². The molecule has 94 valence electrons. The van der Waals surface area contributed by atoms with Gasteiger partial charge in [0.1, 0.15) is 0 Å². The summed E-state index contributed by atoms with van der Waals surface area (Å²) in [6, 6.07) is 17.2. The van der Waals surface area contributed by atoms with E-state index in [0.29, 0.717) is 0 Å². The molecule has 0 aliphatic rings. The molecule has 0 radical (unpaired) electrons. The van der Waals surface area contributed by atoms with E-state index in [1.54, 1.807) is 0 Å². The maximum atomic E-state index is 3.48. The van der Waals surface area contributed by atoms with Gasteiger partial charge < -0.3 is 5.32 Å². The summed E-state index contributed by atoms with van der Waals surface area (Å²) in [6.07, 6.45) is 2.30.